The third kappa shape index (κ3) is 5.97. The van der Waals surface area contributed by atoms with Gasteiger partial charge in [-0.05, 0) is 36.4 Å². The molecule has 0 saturated heterocycles. The van der Waals surface area contributed by atoms with Crippen molar-refractivity contribution in [2.75, 3.05) is 0 Å². The summed E-state index contributed by atoms with van der Waals surface area (Å²) in [6.07, 6.45) is -5.82. The molecule has 0 spiro atoms. The van der Waals surface area contributed by atoms with Crippen LogP contribution in [0.4, 0.5) is 22.0 Å². The molecule has 0 amide bonds. The van der Waals surface area contributed by atoms with Gasteiger partial charge in [-0.3, -0.25) is 4.57 Å². The monoisotopic (exact) mass is 580 g/mol. The third-order valence-electron chi connectivity index (χ3n) is 5.13. The van der Waals surface area contributed by atoms with Crippen LogP contribution in [0.3, 0.4) is 0 Å². The van der Waals surface area contributed by atoms with Gasteiger partial charge in [-0.25, -0.2) is 19.1 Å². The average Bonchev–Trinajstić information content (AvgIpc) is 3.34. The molecule has 4 aromatic rings. The van der Waals surface area contributed by atoms with E-state index in [-0.39, 0.29) is 27.4 Å². The van der Waals surface area contributed by atoms with E-state index in [2.05, 4.69) is 15.2 Å². The minimum Gasteiger partial charge on any atom is -0.275 e. The average molecular weight is 582 g/mol. The molecule has 4 rings (SSSR count). The number of hydrogen-bond acceptors (Lipinski definition) is 4. The Hall–Kier alpha value is -2.96. The molecular weight excluding hydrogens is 566 g/mol. The highest BCUT2D eigenvalue weighted by Crippen LogP contribution is 2.33. The van der Waals surface area contributed by atoms with Crippen LogP contribution in [0.25, 0.3) is 17.1 Å². The van der Waals surface area contributed by atoms with E-state index in [1.54, 1.807) is 0 Å². The second-order valence-corrected chi connectivity index (χ2v) is 9.26. The molecular formula is C22H16Cl3F5N6O. The summed E-state index contributed by atoms with van der Waals surface area (Å²) in [6.45, 7) is -0.634. The maximum atomic E-state index is 14.4. The van der Waals surface area contributed by atoms with Crippen LogP contribution in [0.1, 0.15) is 25.0 Å². The Bertz CT molecular complexity index is 1470. The van der Waals surface area contributed by atoms with Crippen molar-refractivity contribution < 1.29 is 22.0 Å². The topological polar surface area (TPSA) is 70.5 Å². The fourth-order valence-corrected chi connectivity index (χ4v) is 4.17. The Labute approximate surface area is 221 Å². The number of rotatable bonds is 7. The summed E-state index contributed by atoms with van der Waals surface area (Å²) in [5, 5.41) is 8.62. The fraction of sp³-hybridized carbons (Fsp3) is 0.273. The summed E-state index contributed by atoms with van der Waals surface area (Å²) in [4.78, 5) is 16.9. The summed E-state index contributed by atoms with van der Waals surface area (Å²) in [5.41, 5.74) is -0.637. The molecule has 0 atom stereocenters. The van der Waals surface area contributed by atoms with Crippen LogP contribution < -0.4 is 5.69 Å². The maximum Gasteiger partial charge on any atom is 0.390 e. The zero-order chi connectivity index (χ0) is 27.1. The lowest BCUT2D eigenvalue weighted by atomic mass is 10.2. The molecule has 0 bridgehead atoms. The summed E-state index contributed by atoms with van der Waals surface area (Å²) >= 11 is 18.2. The number of halogens is 8. The summed E-state index contributed by atoms with van der Waals surface area (Å²) in [7, 11) is 0. The second-order valence-electron chi connectivity index (χ2n) is 8.01. The van der Waals surface area contributed by atoms with Crippen molar-refractivity contribution in [1.29, 1.82) is 0 Å². The number of nitrogens with zero attached hydrogens (tertiary/aromatic N) is 6. The van der Waals surface area contributed by atoms with Gasteiger partial charge in [-0.1, -0.05) is 40.9 Å². The van der Waals surface area contributed by atoms with Crippen molar-refractivity contribution in [3.63, 3.8) is 0 Å². The molecule has 0 aliphatic heterocycles. The summed E-state index contributed by atoms with van der Waals surface area (Å²) in [6, 6.07) is 10.3. The number of alkyl halides is 5. The lowest BCUT2D eigenvalue weighted by Crippen LogP contribution is -2.27. The molecule has 15 heteroatoms. The van der Waals surface area contributed by atoms with Gasteiger partial charge >= 0.3 is 17.8 Å². The predicted octanol–water partition coefficient (Wildman–Crippen LogP) is 6.37. The molecule has 2 aromatic heterocycles. The Morgan fingerprint density at radius 2 is 1.54 bits per heavy atom. The number of hydrogen-bond donors (Lipinski definition) is 0. The fourth-order valence-electron chi connectivity index (χ4n) is 3.48. The molecule has 0 fully saturated rings. The molecule has 0 radical (unpaired) electrons. The molecule has 2 aromatic carbocycles. The van der Waals surface area contributed by atoms with Crippen molar-refractivity contribution in [1.82, 2.24) is 29.1 Å². The standard InChI is InChI=1S/C22H16Cl3F5N6O/c1-21(26,27)19-31-16(32-36(19)17-14(24)3-2-4-15(17)25)11-35-20(37)34(10-9-22(28,29)30)18(33-35)12-5-7-13(23)8-6-12/h2-8H,9-11H2,1H3. The number of benzene rings is 2. The molecule has 2 heterocycles. The highest BCUT2D eigenvalue weighted by Gasteiger charge is 2.34. The van der Waals surface area contributed by atoms with Crippen molar-refractivity contribution >= 4 is 34.8 Å². The highest BCUT2D eigenvalue weighted by atomic mass is 35.5. The summed E-state index contributed by atoms with van der Waals surface area (Å²) in [5.74, 6) is -4.63. The normalized spacial score (nSPS) is 12.4. The van der Waals surface area contributed by atoms with Gasteiger partial charge in [0.15, 0.2) is 11.6 Å². The second kappa shape index (κ2) is 10.1. The van der Waals surface area contributed by atoms with Crippen LogP contribution in [-0.2, 0) is 19.0 Å². The van der Waals surface area contributed by atoms with Gasteiger partial charge in [0.25, 0.3) is 0 Å². The van der Waals surface area contributed by atoms with Crippen LogP contribution in [0, 0.1) is 0 Å². The van der Waals surface area contributed by atoms with Crippen LogP contribution in [0.5, 0.6) is 0 Å². The predicted molar refractivity (Wildman–Crippen MR) is 128 cm³/mol. The maximum absolute atomic E-state index is 14.4. The van der Waals surface area contributed by atoms with Crippen molar-refractivity contribution in [3.05, 3.63) is 79.7 Å². The zero-order valence-electron chi connectivity index (χ0n) is 18.8. The van der Waals surface area contributed by atoms with Crippen LogP contribution in [0.15, 0.2) is 47.3 Å². The van der Waals surface area contributed by atoms with Crippen LogP contribution >= 0.6 is 34.8 Å². The molecule has 0 N–H and O–H groups in total. The molecule has 7 nitrogen and oxygen atoms in total. The number of para-hydroxylation sites is 1. The Morgan fingerprint density at radius 3 is 2.11 bits per heavy atom. The smallest absolute Gasteiger partial charge is 0.275 e. The van der Waals surface area contributed by atoms with Gasteiger partial charge in [0, 0.05) is 24.1 Å². The molecule has 0 aliphatic rings. The minimum atomic E-state index is -4.53. The van der Waals surface area contributed by atoms with E-state index in [9.17, 15) is 26.7 Å². The third-order valence-corrected chi connectivity index (χ3v) is 5.99. The van der Waals surface area contributed by atoms with E-state index in [0.29, 0.717) is 17.5 Å². The van der Waals surface area contributed by atoms with Gasteiger partial charge in [0.1, 0.15) is 12.2 Å². The Balaban J connectivity index is 1.80. The van der Waals surface area contributed by atoms with Crippen molar-refractivity contribution in [2.45, 2.75) is 38.5 Å². The molecule has 0 saturated carbocycles. The minimum absolute atomic E-state index is 0.0214. The highest BCUT2D eigenvalue weighted by molar-refractivity contribution is 6.37. The van der Waals surface area contributed by atoms with Gasteiger partial charge in [0.2, 0.25) is 5.82 Å². The molecule has 196 valence electrons. The van der Waals surface area contributed by atoms with E-state index in [0.717, 1.165) is 13.9 Å². The Kier molecular flexibility index (Phi) is 7.37. The van der Waals surface area contributed by atoms with Gasteiger partial charge in [-0.2, -0.15) is 22.0 Å². The molecule has 0 aliphatic carbocycles. The first-order valence-corrected chi connectivity index (χ1v) is 11.7. The zero-order valence-corrected chi connectivity index (χ0v) is 21.0. The van der Waals surface area contributed by atoms with E-state index in [1.807, 2.05) is 0 Å². The SMILES string of the molecule is CC(F)(F)c1nc(Cn2nc(-c3ccc(Cl)cc3)n(CCC(F)(F)F)c2=O)nn1-c1c(Cl)cccc1Cl. The first kappa shape index (κ1) is 27.1. The van der Waals surface area contributed by atoms with Crippen LogP contribution in [-0.4, -0.2) is 35.3 Å². The van der Waals surface area contributed by atoms with E-state index >= 15 is 0 Å². The lowest BCUT2D eigenvalue weighted by molar-refractivity contribution is -0.136. The van der Waals surface area contributed by atoms with E-state index < -0.39 is 43.1 Å². The first-order valence-electron chi connectivity index (χ1n) is 10.5. The van der Waals surface area contributed by atoms with Gasteiger partial charge in [-0.15, -0.1) is 10.2 Å². The lowest BCUT2D eigenvalue weighted by Gasteiger charge is -2.13. The van der Waals surface area contributed by atoms with Crippen molar-refractivity contribution in [3.8, 4) is 17.1 Å². The van der Waals surface area contributed by atoms with E-state index in [4.69, 9.17) is 34.8 Å². The van der Waals surface area contributed by atoms with Gasteiger partial charge in [0.05, 0.1) is 16.5 Å². The van der Waals surface area contributed by atoms with E-state index in [1.165, 1.54) is 42.5 Å². The van der Waals surface area contributed by atoms with Gasteiger partial charge < -0.3 is 0 Å². The van der Waals surface area contributed by atoms with Crippen LogP contribution in [0.2, 0.25) is 15.1 Å². The Morgan fingerprint density at radius 1 is 0.919 bits per heavy atom. The first-order chi connectivity index (χ1) is 17.2. The largest absolute Gasteiger partial charge is 0.390 e. The van der Waals surface area contributed by atoms with Crippen molar-refractivity contribution in [2.24, 2.45) is 0 Å². The summed E-state index contributed by atoms with van der Waals surface area (Å²) < 4.78 is 70.0. The quantitative estimate of drug-likeness (QED) is 0.238. The molecule has 0 unspecified atom stereocenters. The molecule has 37 heavy (non-hydrogen) atoms. The number of aromatic nitrogens is 6.